The fourth-order valence-electron chi connectivity index (χ4n) is 2.27. The zero-order chi connectivity index (χ0) is 14.2. The normalized spacial score (nSPS) is 17.5. The third kappa shape index (κ3) is 4.19. The second kappa shape index (κ2) is 7.84. The lowest BCUT2D eigenvalue weighted by atomic mass is 10.3. The summed E-state index contributed by atoms with van der Waals surface area (Å²) in [6.07, 6.45) is 2.12. The summed E-state index contributed by atoms with van der Waals surface area (Å²) >= 11 is 0. The number of aromatic nitrogens is 1. The van der Waals surface area contributed by atoms with E-state index in [0.29, 0.717) is 13.0 Å². The van der Waals surface area contributed by atoms with Crippen LogP contribution in [-0.2, 0) is 6.54 Å². The van der Waals surface area contributed by atoms with Crippen LogP contribution >= 0.6 is 0 Å². The number of guanidine groups is 1. The van der Waals surface area contributed by atoms with Crippen LogP contribution < -0.4 is 5.32 Å². The van der Waals surface area contributed by atoms with E-state index in [-0.39, 0.29) is 6.67 Å². The fourth-order valence-corrected chi connectivity index (χ4v) is 2.27. The molecule has 0 bridgehead atoms. The van der Waals surface area contributed by atoms with Gasteiger partial charge in [-0.05, 0) is 6.42 Å². The predicted molar refractivity (Wildman–Crippen MR) is 75.3 cm³/mol. The highest BCUT2D eigenvalue weighted by molar-refractivity contribution is 5.79. The Morgan fingerprint density at radius 2 is 2.25 bits per heavy atom. The largest absolute Gasteiger partial charge is 0.364 e. The molecule has 0 amide bonds. The summed E-state index contributed by atoms with van der Waals surface area (Å²) in [5, 5.41) is 7.12. The summed E-state index contributed by atoms with van der Waals surface area (Å²) in [7, 11) is 1.76. The Labute approximate surface area is 118 Å². The van der Waals surface area contributed by atoms with E-state index in [0.717, 1.165) is 44.4 Å². The number of piperazine rings is 1. The Bertz CT molecular complexity index is 401. The molecule has 1 saturated heterocycles. The van der Waals surface area contributed by atoms with Gasteiger partial charge in [0.1, 0.15) is 6.26 Å². The predicted octanol–water partition coefficient (Wildman–Crippen LogP) is 0.727. The Hall–Kier alpha value is -1.63. The first-order chi connectivity index (χ1) is 9.83. The summed E-state index contributed by atoms with van der Waals surface area (Å²) in [6.45, 7) is 4.88. The van der Waals surface area contributed by atoms with Crippen molar-refractivity contribution in [2.75, 3.05) is 46.4 Å². The number of aliphatic imine (C=N–C) groups is 1. The van der Waals surface area contributed by atoms with Gasteiger partial charge in [-0.3, -0.25) is 14.3 Å². The minimum atomic E-state index is -0.296. The summed E-state index contributed by atoms with van der Waals surface area (Å²) in [4.78, 5) is 8.79. The molecule has 1 N–H and O–H groups in total. The van der Waals surface area contributed by atoms with Crippen molar-refractivity contribution in [2.45, 2.75) is 13.0 Å². The third-order valence-corrected chi connectivity index (χ3v) is 3.35. The molecule has 0 atom stereocenters. The van der Waals surface area contributed by atoms with Crippen LogP contribution in [0.5, 0.6) is 0 Å². The maximum absolute atomic E-state index is 12.1. The summed E-state index contributed by atoms with van der Waals surface area (Å²) in [6, 6.07) is 1.89. The van der Waals surface area contributed by atoms with Crippen molar-refractivity contribution < 1.29 is 8.91 Å². The fraction of sp³-hybridized carbons (Fsp3) is 0.692. The second-order valence-corrected chi connectivity index (χ2v) is 4.77. The van der Waals surface area contributed by atoms with Crippen molar-refractivity contribution in [1.82, 2.24) is 20.3 Å². The van der Waals surface area contributed by atoms with Gasteiger partial charge in [-0.2, -0.15) is 0 Å². The van der Waals surface area contributed by atoms with E-state index in [1.54, 1.807) is 13.3 Å². The Morgan fingerprint density at radius 1 is 1.45 bits per heavy atom. The standard InChI is InChI=1S/C13H22FN5O/c1-15-13(16-5-2-4-14)19-8-6-18(7-9-19)11-12-3-10-20-17-12/h3,10H,2,4-9,11H2,1H3,(H,15,16). The molecule has 1 fully saturated rings. The van der Waals surface area contributed by atoms with Gasteiger partial charge in [-0.1, -0.05) is 5.16 Å². The molecule has 7 heteroatoms. The molecular formula is C13H22FN5O. The first kappa shape index (κ1) is 14.8. The number of halogens is 1. The minimum absolute atomic E-state index is 0.296. The molecule has 20 heavy (non-hydrogen) atoms. The van der Waals surface area contributed by atoms with Crippen molar-refractivity contribution in [3.8, 4) is 0 Å². The number of nitrogens with zero attached hydrogens (tertiary/aromatic N) is 4. The van der Waals surface area contributed by atoms with Crippen LogP contribution in [0.3, 0.4) is 0 Å². The van der Waals surface area contributed by atoms with Gasteiger partial charge in [-0.25, -0.2) is 0 Å². The molecular weight excluding hydrogens is 261 g/mol. The molecule has 0 radical (unpaired) electrons. The summed E-state index contributed by atoms with van der Waals surface area (Å²) in [5.41, 5.74) is 0.962. The highest BCUT2D eigenvalue weighted by atomic mass is 19.1. The van der Waals surface area contributed by atoms with Gasteiger partial charge in [0, 0.05) is 52.4 Å². The molecule has 2 rings (SSSR count). The average Bonchev–Trinajstić information content (AvgIpc) is 2.98. The number of alkyl halides is 1. The lowest BCUT2D eigenvalue weighted by Gasteiger charge is -2.36. The monoisotopic (exact) mass is 283 g/mol. The van der Waals surface area contributed by atoms with Crippen LogP contribution in [0, 0.1) is 0 Å². The Kier molecular flexibility index (Phi) is 5.79. The molecule has 112 valence electrons. The van der Waals surface area contributed by atoms with E-state index in [9.17, 15) is 4.39 Å². The Morgan fingerprint density at radius 3 is 2.85 bits per heavy atom. The molecule has 0 spiro atoms. The van der Waals surface area contributed by atoms with Crippen molar-refractivity contribution in [2.24, 2.45) is 4.99 Å². The van der Waals surface area contributed by atoms with E-state index in [4.69, 9.17) is 4.52 Å². The lowest BCUT2D eigenvalue weighted by molar-refractivity contribution is 0.169. The van der Waals surface area contributed by atoms with Gasteiger partial charge in [-0.15, -0.1) is 0 Å². The minimum Gasteiger partial charge on any atom is -0.364 e. The van der Waals surface area contributed by atoms with Crippen LogP contribution in [0.2, 0.25) is 0 Å². The molecule has 6 nitrogen and oxygen atoms in total. The van der Waals surface area contributed by atoms with Crippen molar-refractivity contribution in [1.29, 1.82) is 0 Å². The maximum atomic E-state index is 12.1. The van der Waals surface area contributed by atoms with Crippen LogP contribution in [0.1, 0.15) is 12.1 Å². The molecule has 1 aromatic heterocycles. The van der Waals surface area contributed by atoms with Gasteiger partial charge in [0.15, 0.2) is 5.96 Å². The number of hydrogen-bond donors (Lipinski definition) is 1. The molecule has 1 aliphatic rings. The van der Waals surface area contributed by atoms with Crippen LogP contribution in [0.25, 0.3) is 0 Å². The lowest BCUT2D eigenvalue weighted by Crippen LogP contribution is -2.52. The molecule has 1 aliphatic heterocycles. The first-order valence-corrected chi connectivity index (χ1v) is 6.96. The van der Waals surface area contributed by atoms with Gasteiger partial charge < -0.3 is 14.7 Å². The van der Waals surface area contributed by atoms with E-state index in [2.05, 4.69) is 25.3 Å². The number of hydrogen-bond acceptors (Lipinski definition) is 4. The molecule has 0 aliphatic carbocycles. The second-order valence-electron chi connectivity index (χ2n) is 4.77. The highest BCUT2D eigenvalue weighted by Crippen LogP contribution is 2.07. The van der Waals surface area contributed by atoms with Crippen molar-refractivity contribution >= 4 is 5.96 Å². The number of rotatable bonds is 5. The molecule has 0 aromatic carbocycles. The topological polar surface area (TPSA) is 56.9 Å². The molecule has 0 saturated carbocycles. The SMILES string of the molecule is CN=C(NCCCF)N1CCN(Cc2ccon2)CC1. The van der Waals surface area contributed by atoms with Crippen molar-refractivity contribution in [3.63, 3.8) is 0 Å². The van der Waals surface area contributed by atoms with Gasteiger partial charge in [0.2, 0.25) is 0 Å². The zero-order valence-electron chi connectivity index (χ0n) is 11.9. The molecule has 0 unspecified atom stereocenters. The summed E-state index contributed by atoms with van der Waals surface area (Å²) in [5.74, 6) is 0.861. The zero-order valence-corrected chi connectivity index (χ0v) is 11.9. The van der Waals surface area contributed by atoms with Gasteiger partial charge >= 0.3 is 0 Å². The quantitative estimate of drug-likeness (QED) is 0.490. The highest BCUT2D eigenvalue weighted by Gasteiger charge is 2.19. The van der Waals surface area contributed by atoms with E-state index in [1.165, 1.54) is 0 Å². The molecule has 2 heterocycles. The van der Waals surface area contributed by atoms with Crippen LogP contribution in [0.15, 0.2) is 21.8 Å². The third-order valence-electron chi connectivity index (χ3n) is 3.35. The van der Waals surface area contributed by atoms with E-state index >= 15 is 0 Å². The maximum Gasteiger partial charge on any atom is 0.193 e. The smallest absolute Gasteiger partial charge is 0.193 e. The van der Waals surface area contributed by atoms with Crippen LogP contribution in [-0.4, -0.2) is 67.4 Å². The Balaban J connectivity index is 1.75. The van der Waals surface area contributed by atoms with Gasteiger partial charge in [0.05, 0.1) is 12.4 Å². The summed E-state index contributed by atoms with van der Waals surface area (Å²) < 4.78 is 16.9. The molecule has 1 aromatic rings. The average molecular weight is 283 g/mol. The van der Waals surface area contributed by atoms with E-state index < -0.39 is 0 Å². The van der Waals surface area contributed by atoms with Gasteiger partial charge in [0.25, 0.3) is 0 Å². The van der Waals surface area contributed by atoms with E-state index in [1.807, 2.05) is 6.07 Å². The number of nitrogens with one attached hydrogen (secondary N) is 1. The first-order valence-electron chi connectivity index (χ1n) is 6.96. The van der Waals surface area contributed by atoms with Crippen LogP contribution in [0.4, 0.5) is 4.39 Å². The van der Waals surface area contributed by atoms with Crippen molar-refractivity contribution in [3.05, 3.63) is 18.0 Å².